The van der Waals surface area contributed by atoms with Gasteiger partial charge in [0.2, 0.25) is 0 Å². The first-order valence-electron chi connectivity index (χ1n) is 4.08. The zero-order chi connectivity index (χ0) is 10.8. The molecular formula is C10H5Cl2NO2. The Morgan fingerprint density at radius 2 is 2.07 bits per heavy atom. The van der Waals surface area contributed by atoms with Gasteiger partial charge in [0.15, 0.2) is 17.8 Å². The minimum atomic E-state index is -0.668. The van der Waals surface area contributed by atoms with Gasteiger partial charge in [-0.3, -0.25) is 4.79 Å². The van der Waals surface area contributed by atoms with Crippen molar-refractivity contribution in [2.24, 2.45) is 0 Å². The van der Waals surface area contributed by atoms with Crippen molar-refractivity contribution in [3.05, 3.63) is 41.4 Å². The summed E-state index contributed by atoms with van der Waals surface area (Å²) in [4.78, 5) is 14.7. The predicted molar refractivity (Wildman–Crippen MR) is 57.1 cm³/mol. The summed E-state index contributed by atoms with van der Waals surface area (Å²) >= 11 is 11.3. The Labute approximate surface area is 95.6 Å². The van der Waals surface area contributed by atoms with Gasteiger partial charge in [-0.05, 0) is 23.7 Å². The maximum Gasteiger partial charge on any atom is 0.274 e. The second-order valence-electron chi connectivity index (χ2n) is 2.78. The number of rotatable bonds is 2. The van der Waals surface area contributed by atoms with E-state index in [0.29, 0.717) is 16.3 Å². The molecule has 0 aliphatic heterocycles. The average Bonchev–Trinajstić information content (AvgIpc) is 2.67. The number of carbonyl (C=O) groups is 1. The van der Waals surface area contributed by atoms with Gasteiger partial charge in [-0.15, -0.1) is 0 Å². The number of oxazole rings is 1. The molecule has 0 aliphatic carbocycles. The minimum absolute atomic E-state index is 0.0739. The molecule has 0 bridgehead atoms. The van der Waals surface area contributed by atoms with Crippen molar-refractivity contribution in [3.8, 4) is 11.3 Å². The highest BCUT2D eigenvalue weighted by Gasteiger charge is 2.17. The average molecular weight is 242 g/mol. The normalized spacial score (nSPS) is 10.3. The molecule has 15 heavy (non-hydrogen) atoms. The summed E-state index contributed by atoms with van der Waals surface area (Å²) in [5, 5.41) is -0.188. The fourth-order valence-electron chi connectivity index (χ4n) is 1.22. The van der Waals surface area contributed by atoms with E-state index < -0.39 is 5.24 Å². The molecule has 0 amide bonds. The van der Waals surface area contributed by atoms with Crippen molar-refractivity contribution in [1.29, 1.82) is 0 Å². The third-order valence-electron chi connectivity index (χ3n) is 1.87. The van der Waals surface area contributed by atoms with Crippen LogP contribution in [-0.4, -0.2) is 10.2 Å². The van der Waals surface area contributed by atoms with Crippen LogP contribution in [0.15, 0.2) is 35.1 Å². The molecule has 0 saturated carbocycles. The van der Waals surface area contributed by atoms with Gasteiger partial charge in [-0.2, -0.15) is 0 Å². The van der Waals surface area contributed by atoms with E-state index >= 15 is 0 Å². The third kappa shape index (κ3) is 1.89. The summed E-state index contributed by atoms with van der Waals surface area (Å²) in [6.45, 7) is 0. The second-order valence-corrected chi connectivity index (χ2v) is 3.53. The van der Waals surface area contributed by atoms with E-state index in [2.05, 4.69) is 4.98 Å². The Balaban J connectivity index is 2.59. The minimum Gasteiger partial charge on any atom is -0.443 e. The van der Waals surface area contributed by atoms with Gasteiger partial charge in [0, 0.05) is 5.56 Å². The van der Waals surface area contributed by atoms with Crippen molar-refractivity contribution >= 4 is 28.4 Å². The number of benzene rings is 1. The number of hydrogen-bond donors (Lipinski definition) is 0. The van der Waals surface area contributed by atoms with Crippen molar-refractivity contribution in [2.75, 3.05) is 0 Å². The van der Waals surface area contributed by atoms with Gasteiger partial charge in [0.05, 0.1) is 5.02 Å². The molecule has 1 aromatic carbocycles. The third-order valence-corrected chi connectivity index (χ3v) is 2.38. The van der Waals surface area contributed by atoms with Crippen LogP contribution in [0.1, 0.15) is 10.5 Å². The molecule has 0 fully saturated rings. The fraction of sp³-hybridized carbons (Fsp3) is 0. The highest BCUT2D eigenvalue weighted by atomic mass is 35.5. The van der Waals surface area contributed by atoms with Crippen LogP contribution in [0.4, 0.5) is 0 Å². The van der Waals surface area contributed by atoms with E-state index in [1.807, 2.05) is 0 Å². The van der Waals surface area contributed by atoms with Gasteiger partial charge in [-0.25, -0.2) is 4.98 Å². The van der Waals surface area contributed by atoms with E-state index in [1.54, 1.807) is 24.3 Å². The highest BCUT2D eigenvalue weighted by molar-refractivity contribution is 6.68. The monoisotopic (exact) mass is 241 g/mol. The molecule has 0 radical (unpaired) electrons. The van der Waals surface area contributed by atoms with Crippen molar-refractivity contribution in [3.63, 3.8) is 0 Å². The first kappa shape index (κ1) is 10.2. The lowest BCUT2D eigenvalue weighted by Gasteiger charge is -1.99. The number of halogens is 2. The number of carbonyl (C=O) groups excluding carboxylic acids is 1. The molecule has 0 atom stereocenters. The van der Waals surface area contributed by atoms with Gasteiger partial charge >= 0.3 is 0 Å². The van der Waals surface area contributed by atoms with Crippen LogP contribution in [0.5, 0.6) is 0 Å². The second kappa shape index (κ2) is 4.04. The topological polar surface area (TPSA) is 43.1 Å². The number of hydrogen-bond acceptors (Lipinski definition) is 3. The van der Waals surface area contributed by atoms with Gasteiger partial charge in [-0.1, -0.05) is 23.7 Å². The lowest BCUT2D eigenvalue weighted by atomic mass is 10.1. The van der Waals surface area contributed by atoms with Crippen molar-refractivity contribution < 1.29 is 9.21 Å². The smallest absolute Gasteiger partial charge is 0.274 e. The van der Waals surface area contributed by atoms with Gasteiger partial charge in [0.25, 0.3) is 5.24 Å². The van der Waals surface area contributed by atoms with Crippen LogP contribution in [0.2, 0.25) is 5.02 Å². The first-order chi connectivity index (χ1) is 7.20. The van der Waals surface area contributed by atoms with Gasteiger partial charge in [0.1, 0.15) is 0 Å². The van der Waals surface area contributed by atoms with E-state index in [9.17, 15) is 4.79 Å². The molecule has 2 aromatic rings. The molecule has 1 aromatic heterocycles. The molecule has 0 spiro atoms. The Morgan fingerprint density at radius 3 is 2.73 bits per heavy atom. The standard InChI is InChI=1S/C10H5Cl2NO2/c11-7-4-2-1-3-6(7)9-8(10(12)14)13-5-15-9/h1-5H. The molecule has 0 saturated heterocycles. The molecule has 76 valence electrons. The van der Waals surface area contributed by atoms with E-state index in [0.717, 1.165) is 6.39 Å². The first-order valence-corrected chi connectivity index (χ1v) is 4.84. The molecule has 2 rings (SSSR count). The molecule has 0 N–H and O–H groups in total. The summed E-state index contributed by atoms with van der Waals surface area (Å²) < 4.78 is 5.09. The fourth-order valence-corrected chi connectivity index (χ4v) is 1.58. The molecule has 3 nitrogen and oxygen atoms in total. The van der Waals surface area contributed by atoms with Crippen LogP contribution < -0.4 is 0 Å². The Kier molecular flexibility index (Phi) is 2.75. The largest absolute Gasteiger partial charge is 0.443 e. The summed E-state index contributed by atoms with van der Waals surface area (Å²) in [6.07, 6.45) is 1.16. The lowest BCUT2D eigenvalue weighted by Crippen LogP contribution is -1.92. The SMILES string of the molecule is O=C(Cl)c1ncoc1-c1ccccc1Cl. The number of aromatic nitrogens is 1. The molecule has 0 unspecified atom stereocenters. The maximum atomic E-state index is 11.0. The number of nitrogens with zero attached hydrogens (tertiary/aromatic N) is 1. The van der Waals surface area contributed by atoms with Crippen molar-refractivity contribution in [2.45, 2.75) is 0 Å². The summed E-state index contributed by atoms with van der Waals surface area (Å²) in [6, 6.07) is 6.99. The van der Waals surface area contributed by atoms with E-state index in [1.165, 1.54) is 0 Å². The van der Waals surface area contributed by atoms with Crippen LogP contribution in [0, 0.1) is 0 Å². The van der Waals surface area contributed by atoms with E-state index in [4.69, 9.17) is 27.6 Å². The Morgan fingerprint density at radius 1 is 1.33 bits per heavy atom. The van der Waals surface area contributed by atoms with Crippen LogP contribution >= 0.6 is 23.2 Å². The lowest BCUT2D eigenvalue weighted by molar-refractivity contribution is 0.107. The summed E-state index contributed by atoms with van der Waals surface area (Å²) in [5.74, 6) is 0.292. The van der Waals surface area contributed by atoms with Gasteiger partial charge < -0.3 is 4.42 Å². The van der Waals surface area contributed by atoms with Crippen LogP contribution in [0.3, 0.4) is 0 Å². The predicted octanol–water partition coefficient (Wildman–Crippen LogP) is 3.37. The van der Waals surface area contributed by atoms with E-state index in [-0.39, 0.29) is 5.69 Å². The zero-order valence-electron chi connectivity index (χ0n) is 7.41. The highest BCUT2D eigenvalue weighted by Crippen LogP contribution is 2.30. The zero-order valence-corrected chi connectivity index (χ0v) is 8.92. The maximum absolute atomic E-state index is 11.0. The van der Waals surface area contributed by atoms with Crippen molar-refractivity contribution in [1.82, 2.24) is 4.98 Å². The quantitative estimate of drug-likeness (QED) is 0.758. The van der Waals surface area contributed by atoms with Crippen LogP contribution in [-0.2, 0) is 0 Å². The molecule has 0 aliphatic rings. The molecule has 1 heterocycles. The Bertz CT molecular complexity index is 508. The van der Waals surface area contributed by atoms with Crippen LogP contribution in [0.25, 0.3) is 11.3 Å². The Hall–Kier alpha value is -1.32. The molecule has 5 heteroatoms. The summed E-state index contributed by atoms with van der Waals surface area (Å²) in [5.41, 5.74) is 0.672. The molecular weight excluding hydrogens is 237 g/mol. The summed E-state index contributed by atoms with van der Waals surface area (Å²) in [7, 11) is 0.